The van der Waals surface area contributed by atoms with Crippen molar-refractivity contribution >= 4 is 0 Å². The van der Waals surface area contributed by atoms with Gasteiger partial charge in [-0.1, -0.05) is 6.07 Å². The topological polar surface area (TPSA) is 66.6 Å². The lowest BCUT2D eigenvalue weighted by molar-refractivity contribution is 0.173. The molecule has 5 heteroatoms. The Labute approximate surface area is 110 Å². The van der Waals surface area contributed by atoms with Crippen molar-refractivity contribution in [1.29, 1.82) is 0 Å². The highest BCUT2D eigenvalue weighted by Crippen LogP contribution is 2.35. The number of hydrogen-bond donors (Lipinski definition) is 1. The number of benzene rings is 1. The quantitative estimate of drug-likeness (QED) is 0.906. The van der Waals surface area contributed by atoms with E-state index in [1.807, 2.05) is 30.3 Å². The number of ether oxygens (including phenoxy) is 3. The van der Waals surface area contributed by atoms with Crippen LogP contribution in [0.1, 0.15) is 11.3 Å². The van der Waals surface area contributed by atoms with E-state index in [2.05, 4.69) is 4.98 Å². The fourth-order valence-electron chi connectivity index (χ4n) is 1.79. The van der Waals surface area contributed by atoms with E-state index >= 15 is 0 Å². The fourth-order valence-corrected chi connectivity index (χ4v) is 1.79. The summed E-state index contributed by atoms with van der Waals surface area (Å²) >= 11 is 0. The molecular formula is C14H14N2O3. The third-order valence-electron chi connectivity index (χ3n) is 2.85. The van der Waals surface area contributed by atoms with Crippen molar-refractivity contribution < 1.29 is 14.2 Å². The third-order valence-corrected chi connectivity index (χ3v) is 2.85. The highest BCUT2D eigenvalue weighted by Gasteiger charge is 2.13. The molecular weight excluding hydrogens is 244 g/mol. The Bertz CT molecular complexity index is 569. The molecule has 1 aromatic carbocycles. The van der Waals surface area contributed by atoms with Gasteiger partial charge in [-0.3, -0.25) is 4.98 Å². The maximum absolute atomic E-state index is 5.66. The molecule has 0 fully saturated rings. The summed E-state index contributed by atoms with van der Waals surface area (Å²) in [6.45, 7) is 1.17. The van der Waals surface area contributed by atoms with E-state index in [0.29, 0.717) is 18.9 Å². The number of hydrogen-bond acceptors (Lipinski definition) is 5. The van der Waals surface area contributed by atoms with Crippen LogP contribution in [0.15, 0.2) is 36.5 Å². The minimum absolute atomic E-state index is 0.265. The van der Waals surface area contributed by atoms with Crippen LogP contribution in [0.25, 0.3) is 0 Å². The molecule has 1 aromatic heterocycles. The first-order valence-electron chi connectivity index (χ1n) is 6.01. The van der Waals surface area contributed by atoms with Crippen LogP contribution in [-0.2, 0) is 13.2 Å². The van der Waals surface area contributed by atoms with Gasteiger partial charge < -0.3 is 19.9 Å². The first kappa shape index (κ1) is 11.8. The van der Waals surface area contributed by atoms with E-state index in [9.17, 15) is 0 Å². The van der Waals surface area contributed by atoms with Crippen LogP contribution < -0.4 is 19.9 Å². The molecule has 2 aromatic rings. The van der Waals surface area contributed by atoms with E-state index < -0.39 is 0 Å². The molecule has 5 nitrogen and oxygen atoms in total. The zero-order valence-electron chi connectivity index (χ0n) is 10.3. The molecule has 98 valence electrons. The Balaban J connectivity index is 1.65. The molecule has 0 radical (unpaired) electrons. The number of rotatable bonds is 4. The number of pyridine rings is 1. The summed E-state index contributed by atoms with van der Waals surface area (Å²) < 4.78 is 16.2. The summed E-state index contributed by atoms with van der Waals surface area (Å²) in [4.78, 5) is 4.28. The minimum Gasteiger partial charge on any atom is -0.487 e. The average Bonchev–Trinajstić information content (AvgIpc) is 2.93. The van der Waals surface area contributed by atoms with E-state index in [4.69, 9.17) is 19.9 Å². The molecule has 2 heterocycles. The molecule has 0 amide bonds. The lowest BCUT2D eigenvalue weighted by Crippen LogP contribution is -2.01. The van der Waals surface area contributed by atoms with Gasteiger partial charge in [-0.15, -0.1) is 0 Å². The van der Waals surface area contributed by atoms with Crippen LogP contribution in [0.5, 0.6) is 17.2 Å². The monoisotopic (exact) mass is 258 g/mol. The van der Waals surface area contributed by atoms with Crippen molar-refractivity contribution in [1.82, 2.24) is 4.98 Å². The number of fused-ring (bicyclic) bond motifs is 1. The van der Waals surface area contributed by atoms with E-state index in [1.54, 1.807) is 6.20 Å². The summed E-state index contributed by atoms with van der Waals surface area (Å²) in [5, 5.41) is 0. The lowest BCUT2D eigenvalue weighted by atomic mass is 10.2. The van der Waals surface area contributed by atoms with Gasteiger partial charge in [-0.2, -0.15) is 0 Å². The molecule has 1 aliphatic heterocycles. The summed E-state index contributed by atoms with van der Waals surface area (Å²) in [6.07, 6.45) is 1.76. The normalized spacial score (nSPS) is 12.5. The molecule has 3 rings (SSSR count). The molecule has 0 atom stereocenters. The largest absolute Gasteiger partial charge is 0.487 e. The molecule has 0 unspecified atom stereocenters. The van der Waals surface area contributed by atoms with Crippen molar-refractivity contribution in [2.24, 2.45) is 5.73 Å². The van der Waals surface area contributed by atoms with Crippen LogP contribution in [-0.4, -0.2) is 11.8 Å². The van der Waals surface area contributed by atoms with Gasteiger partial charge in [-0.25, -0.2) is 0 Å². The summed E-state index contributed by atoms with van der Waals surface area (Å²) in [5.41, 5.74) is 7.38. The van der Waals surface area contributed by atoms with E-state index in [1.165, 1.54) is 0 Å². The fraction of sp³-hybridized carbons (Fsp3) is 0.214. The SMILES string of the molecule is NCc1ccc(COc2ccc3c(c2)OCO3)nc1. The second kappa shape index (κ2) is 5.16. The van der Waals surface area contributed by atoms with Crippen LogP contribution >= 0.6 is 0 Å². The Morgan fingerprint density at radius 3 is 2.84 bits per heavy atom. The van der Waals surface area contributed by atoms with Gasteiger partial charge in [0.1, 0.15) is 12.4 Å². The van der Waals surface area contributed by atoms with Gasteiger partial charge >= 0.3 is 0 Å². The number of nitrogens with two attached hydrogens (primary N) is 1. The molecule has 0 bridgehead atoms. The zero-order valence-corrected chi connectivity index (χ0v) is 10.3. The van der Waals surface area contributed by atoms with Gasteiger partial charge in [0, 0.05) is 18.8 Å². The van der Waals surface area contributed by atoms with Gasteiger partial charge in [0.15, 0.2) is 11.5 Å². The first-order chi connectivity index (χ1) is 9.35. The Kier molecular flexibility index (Phi) is 3.20. The Hall–Kier alpha value is -2.27. The number of nitrogens with zero attached hydrogens (tertiary/aromatic N) is 1. The molecule has 2 N–H and O–H groups in total. The van der Waals surface area contributed by atoms with Crippen LogP contribution in [0.3, 0.4) is 0 Å². The zero-order chi connectivity index (χ0) is 13.1. The van der Waals surface area contributed by atoms with Gasteiger partial charge in [0.2, 0.25) is 6.79 Å². The molecule has 0 spiro atoms. The summed E-state index contributed by atoms with van der Waals surface area (Å²) in [5.74, 6) is 2.19. The predicted octanol–water partition coefficient (Wildman–Crippen LogP) is 1.85. The highest BCUT2D eigenvalue weighted by molar-refractivity contribution is 5.46. The maximum Gasteiger partial charge on any atom is 0.231 e. The maximum atomic E-state index is 5.66. The molecule has 19 heavy (non-hydrogen) atoms. The van der Waals surface area contributed by atoms with Crippen molar-refractivity contribution in [3.63, 3.8) is 0 Å². The van der Waals surface area contributed by atoms with Gasteiger partial charge in [0.25, 0.3) is 0 Å². The summed E-state index contributed by atoms with van der Waals surface area (Å²) in [6, 6.07) is 9.36. The van der Waals surface area contributed by atoms with Crippen molar-refractivity contribution in [3.05, 3.63) is 47.8 Å². The second-order valence-electron chi connectivity index (χ2n) is 4.17. The van der Waals surface area contributed by atoms with Crippen molar-refractivity contribution in [3.8, 4) is 17.2 Å². The highest BCUT2D eigenvalue weighted by atomic mass is 16.7. The van der Waals surface area contributed by atoms with Crippen LogP contribution in [0.2, 0.25) is 0 Å². The molecule has 0 saturated heterocycles. The third kappa shape index (κ3) is 2.61. The van der Waals surface area contributed by atoms with Crippen molar-refractivity contribution in [2.45, 2.75) is 13.2 Å². The Morgan fingerprint density at radius 1 is 1.16 bits per heavy atom. The molecule has 0 saturated carbocycles. The number of aromatic nitrogens is 1. The lowest BCUT2D eigenvalue weighted by Gasteiger charge is -2.07. The van der Waals surface area contributed by atoms with Gasteiger partial charge in [-0.05, 0) is 23.8 Å². The summed E-state index contributed by atoms with van der Waals surface area (Å²) in [7, 11) is 0. The van der Waals surface area contributed by atoms with E-state index in [-0.39, 0.29) is 6.79 Å². The first-order valence-corrected chi connectivity index (χ1v) is 6.01. The van der Waals surface area contributed by atoms with Crippen molar-refractivity contribution in [2.75, 3.05) is 6.79 Å². The van der Waals surface area contributed by atoms with Crippen LogP contribution in [0, 0.1) is 0 Å². The van der Waals surface area contributed by atoms with E-state index in [0.717, 1.165) is 22.8 Å². The van der Waals surface area contributed by atoms with Gasteiger partial charge in [0.05, 0.1) is 5.69 Å². The average molecular weight is 258 g/mol. The predicted molar refractivity (Wildman–Crippen MR) is 69.0 cm³/mol. The van der Waals surface area contributed by atoms with Crippen LogP contribution in [0.4, 0.5) is 0 Å². The molecule has 0 aliphatic carbocycles. The Morgan fingerprint density at radius 2 is 2.05 bits per heavy atom. The standard InChI is InChI=1S/C14H14N2O3/c15-6-10-1-2-11(16-7-10)8-17-12-3-4-13-14(5-12)19-9-18-13/h1-5,7H,6,8-9,15H2. The molecule has 1 aliphatic rings. The smallest absolute Gasteiger partial charge is 0.231 e. The minimum atomic E-state index is 0.265. The second-order valence-corrected chi connectivity index (χ2v) is 4.17.